The van der Waals surface area contributed by atoms with E-state index in [-0.39, 0.29) is 10.8 Å². The lowest BCUT2D eigenvalue weighted by Crippen LogP contribution is -2.11. The standard InChI is InChI=1S/C20H24O/c1-19(2,3)15-11-7-9-13-14-10-8-12-16(20(4,5)6)18(14)21-17(13)15/h7-12H,1-6H3. The molecule has 0 saturated heterocycles. The Labute approximate surface area is 127 Å². The monoisotopic (exact) mass is 280 g/mol. The van der Waals surface area contributed by atoms with Crippen molar-refractivity contribution in [3.8, 4) is 0 Å². The van der Waals surface area contributed by atoms with Gasteiger partial charge in [0.1, 0.15) is 11.2 Å². The number of furan rings is 1. The Morgan fingerprint density at radius 2 is 1.00 bits per heavy atom. The van der Waals surface area contributed by atoms with Gasteiger partial charge >= 0.3 is 0 Å². The van der Waals surface area contributed by atoms with Gasteiger partial charge in [0, 0.05) is 21.9 Å². The van der Waals surface area contributed by atoms with E-state index < -0.39 is 0 Å². The van der Waals surface area contributed by atoms with Crippen molar-refractivity contribution in [2.45, 2.75) is 52.4 Å². The van der Waals surface area contributed by atoms with Crippen LogP contribution in [0.1, 0.15) is 52.7 Å². The molecule has 0 atom stereocenters. The summed E-state index contributed by atoms with van der Waals surface area (Å²) in [6.45, 7) is 13.4. The second-order valence-corrected chi connectivity index (χ2v) is 7.97. The number of benzene rings is 2. The van der Waals surface area contributed by atoms with Crippen molar-refractivity contribution in [2.24, 2.45) is 0 Å². The van der Waals surface area contributed by atoms with Crippen molar-refractivity contribution in [3.05, 3.63) is 47.5 Å². The van der Waals surface area contributed by atoms with Gasteiger partial charge in [-0.3, -0.25) is 0 Å². The first-order chi connectivity index (χ1) is 9.69. The van der Waals surface area contributed by atoms with Gasteiger partial charge in [0.05, 0.1) is 0 Å². The molecule has 0 N–H and O–H groups in total. The van der Waals surface area contributed by atoms with Crippen LogP contribution in [-0.4, -0.2) is 0 Å². The summed E-state index contributed by atoms with van der Waals surface area (Å²) in [5, 5.41) is 2.45. The number of para-hydroxylation sites is 2. The van der Waals surface area contributed by atoms with Crippen LogP contribution in [0.5, 0.6) is 0 Å². The molecule has 0 aliphatic carbocycles. The summed E-state index contributed by atoms with van der Waals surface area (Å²) in [7, 11) is 0. The molecule has 0 amide bonds. The van der Waals surface area contributed by atoms with Crippen molar-refractivity contribution >= 4 is 21.9 Å². The topological polar surface area (TPSA) is 13.1 Å². The smallest absolute Gasteiger partial charge is 0.139 e. The van der Waals surface area contributed by atoms with Gasteiger partial charge in [-0.2, -0.15) is 0 Å². The van der Waals surface area contributed by atoms with Gasteiger partial charge in [-0.25, -0.2) is 0 Å². The molecule has 110 valence electrons. The van der Waals surface area contributed by atoms with Crippen LogP contribution in [-0.2, 0) is 10.8 Å². The normalized spacial score (nSPS) is 13.2. The fourth-order valence-corrected chi connectivity index (χ4v) is 3.00. The molecule has 1 nitrogen and oxygen atoms in total. The second kappa shape index (κ2) is 4.37. The van der Waals surface area contributed by atoms with Crippen LogP contribution in [0.25, 0.3) is 21.9 Å². The van der Waals surface area contributed by atoms with Gasteiger partial charge in [0.2, 0.25) is 0 Å². The summed E-state index contributed by atoms with van der Waals surface area (Å²) in [5.41, 5.74) is 4.78. The zero-order valence-electron chi connectivity index (χ0n) is 13.9. The van der Waals surface area contributed by atoms with Crippen LogP contribution in [0.2, 0.25) is 0 Å². The fourth-order valence-electron chi connectivity index (χ4n) is 3.00. The molecule has 21 heavy (non-hydrogen) atoms. The van der Waals surface area contributed by atoms with Crippen LogP contribution < -0.4 is 0 Å². The van der Waals surface area contributed by atoms with Gasteiger partial charge in [-0.15, -0.1) is 0 Å². The van der Waals surface area contributed by atoms with Crippen LogP contribution in [0, 0.1) is 0 Å². The van der Waals surface area contributed by atoms with Crippen LogP contribution in [0.3, 0.4) is 0 Å². The van der Waals surface area contributed by atoms with E-state index in [4.69, 9.17) is 4.42 Å². The van der Waals surface area contributed by atoms with Crippen molar-refractivity contribution < 1.29 is 4.42 Å². The fraction of sp³-hybridized carbons (Fsp3) is 0.400. The first-order valence-corrected chi connectivity index (χ1v) is 7.65. The van der Waals surface area contributed by atoms with E-state index in [1.807, 2.05) is 0 Å². The largest absolute Gasteiger partial charge is 0.455 e. The molecular weight excluding hydrogens is 256 g/mol. The predicted molar refractivity (Wildman–Crippen MR) is 91.1 cm³/mol. The zero-order chi connectivity index (χ0) is 15.4. The lowest BCUT2D eigenvalue weighted by Gasteiger charge is -2.19. The Bertz CT molecular complexity index is 739. The van der Waals surface area contributed by atoms with Crippen LogP contribution in [0.4, 0.5) is 0 Å². The highest BCUT2D eigenvalue weighted by molar-refractivity contribution is 6.07. The lowest BCUT2D eigenvalue weighted by atomic mass is 9.85. The summed E-state index contributed by atoms with van der Waals surface area (Å²) in [6, 6.07) is 13.0. The summed E-state index contributed by atoms with van der Waals surface area (Å²) < 4.78 is 6.37. The maximum atomic E-state index is 6.37. The molecular formula is C20H24O. The minimum Gasteiger partial charge on any atom is -0.455 e. The molecule has 0 saturated carbocycles. The highest BCUT2D eigenvalue weighted by Gasteiger charge is 2.24. The third-order valence-corrected chi connectivity index (χ3v) is 4.14. The summed E-state index contributed by atoms with van der Waals surface area (Å²) in [6.07, 6.45) is 0. The van der Waals surface area contributed by atoms with Gasteiger partial charge in [-0.1, -0.05) is 77.9 Å². The summed E-state index contributed by atoms with van der Waals surface area (Å²) in [4.78, 5) is 0. The third-order valence-electron chi connectivity index (χ3n) is 4.14. The zero-order valence-corrected chi connectivity index (χ0v) is 13.9. The number of fused-ring (bicyclic) bond motifs is 3. The summed E-state index contributed by atoms with van der Waals surface area (Å²) in [5.74, 6) is 0. The Morgan fingerprint density at radius 1 is 0.619 bits per heavy atom. The second-order valence-electron chi connectivity index (χ2n) is 7.97. The maximum Gasteiger partial charge on any atom is 0.139 e. The van der Waals surface area contributed by atoms with Gasteiger partial charge in [0.25, 0.3) is 0 Å². The summed E-state index contributed by atoms with van der Waals surface area (Å²) >= 11 is 0. The van der Waals surface area contributed by atoms with E-state index >= 15 is 0 Å². The van der Waals surface area contributed by atoms with E-state index in [0.717, 1.165) is 11.2 Å². The van der Waals surface area contributed by atoms with E-state index in [0.29, 0.717) is 0 Å². The van der Waals surface area contributed by atoms with Crippen molar-refractivity contribution in [3.63, 3.8) is 0 Å². The highest BCUT2D eigenvalue weighted by atomic mass is 16.3. The third kappa shape index (κ3) is 2.25. The minimum absolute atomic E-state index is 0.0787. The quantitative estimate of drug-likeness (QED) is 0.479. The van der Waals surface area contributed by atoms with E-state index in [9.17, 15) is 0 Å². The molecule has 1 heterocycles. The molecule has 3 aromatic rings. The van der Waals surface area contributed by atoms with E-state index in [1.165, 1.54) is 21.9 Å². The SMILES string of the molecule is CC(C)(C)c1cccc2c1oc1c(C(C)(C)C)cccc12. The molecule has 1 heteroatoms. The molecule has 0 spiro atoms. The molecule has 0 fully saturated rings. The van der Waals surface area contributed by atoms with Crippen molar-refractivity contribution in [1.82, 2.24) is 0 Å². The molecule has 0 aliphatic rings. The number of rotatable bonds is 0. The van der Waals surface area contributed by atoms with E-state index in [2.05, 4.69) is 77.9 Å². The minimum atomic E-state index is 0.0787. The molecule has 1 aromatic heterocycles. The molecule has 2 aromatic carbocycles. The molecule has 0 radical (unpaired) electrons. The lowest BCUT2D eigenvalue weighted by molar-refractivity contribution is 0.557. The molecule has 0 unspecified atom stereocenters. The van der Waals surface area contributed by atoms with Crippen LogP contribution >= 0.6 is 0 Å². The van der Waals surface area contributed by atoms with Gasteiger partial charge in [0.15, 0.2) is 0 Å². The predicted octanol–water partition coefficient (Wildman–Crippen LogP) is 6.18. The average Bonchev–Trinajstić information content (AvgIpc) is 2.74. The number of hydrogen-bond donors (Lipinski definition) is 0. The highest BCUT2D eigenvalue weighted by Crippen LogP contribution is 2.39. The van der Waals surface area contributed by atoms with Gasteiger partial charge < -0.3 is 4.42 Å². The van der Waals surface area contributed by atoms with Crippen molar-refractivity contribution in [2.75, 3.05) is 0 Å². The van der Waals surface area contributed by atoms with Crippen molar-refractivity contribution in [1.29, 1.82) is 0 Å². The molecule has 3 rings (SSSR count). The Hall–Kier alpha value is -1.76. The number of hydrogen-bond acceptors (Lipinski definition) is 1. The Balaban J connectivity index is 2.46. The van der Waals surface area contributed by atoms with Gasteiger partial charge in [-0.05, 0) is 10.8 Å². The molecule has 0 aliphatic heterocycles. The maximum absolute atomic E-state index is 6.37. The average molecular weight is 280 g/mol. The Morgan fingerprint density at radius 3 is 1.33 bits per heavy atom. The first kappa shape index (κ1) is 14.2. The first-order valence-electron chi connectivity index (χ1n) is 7.65. The van der Waals surface area contributed by atoms with Crippen LogP contribution in [0.15, 0.2) is 40.8 Å². The Kier molecular flexibility index (Phi) is 2.95. The molecule has 0 bridgehead atoms. The van der Waals surface area contributed by atoms with E-state index in [1.54, 1.807) is 0 Å².